The summed E-state index contributed by atoms with van der Waals surface area (Å²) in [5.74, 6) is 1.96. The number of aromatic nitrogens is 5. The number of benzene rings is 1. The predicted molar refractivity (Wildman–Crippen MR) is 118 cm³/mol. The van der Waals surface area contributed by atoms with Crippen LogP contribution in [0.15, 0.2) is 61.2 Å². The monoisotopic (exact) mass is 415 g/mol. The number of aromatic amines is 1. The quantitative estimate of drug-likeness (QED) is 0.329. The molecule has 0 aliphatic rings. The molecule has 4 aromatic rings. The van der Waals surface area contributed by atoms with Crippen molar-refractivity contribution in [3.05, 3.63) is 82.7 Å². The first kappa shape index (κ1) is 20.1. The van der Waals surface area contributed by atoms with Crippen LogP contribution in [0.3, 0.4) is 0 Å². The summed E-state index contributed by atoms with van der Waals surface area (Å²) in [6.45, 7) is 2.66. The van der Waals surface area contributed by atoms with E-state index in [-0.39, 0.29) is 5.69 Å². The summed E-state index contributed by atoms with van der Waals surface area (Å²) < 4.78 is 0. The Morgan fingerprint density at radius 3 is 2.55 bits per heavy atom. The first-order valence-corrected chi connectivity index (χ1v) is 9.93. The molecule has 0 saturated heterocycles. The highest BCUT2D eigenvalue weighted by molar-refractivity contribution is 5.76. The third-order valence-electron chi connectivity index (χ3n) is 4.84. The summed E-state index contributed by atoms with van der Waals surface area (Å²) in [6, 6.07) is 11.3. The largest absolute Gasteiger partial charge is 0.370 e. The Kier molecular flexibility index (Phi) is 5.93. The summed E-state index contributed by atoms with van der Waals surface area (Å²) in [6.07, 6.45) is 8.03. The van der Waals surface area contributed by atoms with E-state index in [0.717, 1.165) is 23.2 Å². The molecule has 0 aliphatic carbocycles. The van der Waals surface area contributed by atoms with Crippen molar-refractivity contribution in [3.63, 3.8) is 0 Å². The summed E-state index contributed by atoms with van der Waals surface area (Å²) >= 11 is 0. The van der Waals surface area contributed by atoms with Crippen LogP contribution in [0, 0.1) is 10.1 Å². The van der Waals surface area contributed by atoms with Gasteiger partial charge in [-0.2, -0.15) is 0 Å². The minimum atomic E-state index is -0.472. The van der Waals surface area contributed by atoms with E-state index in [2.05, 4.69) is 56.4 Å². The Labute approximate surface area is 178 Å². The Bertz CT molecular complexity index is 1160. The minimum absolute atomic E-state index is 0.0406. The van der Waals surface area contributed by atoms with Gasteiger partial charge in [-0.05, 0) is 18.1 Å². The van der Waals surface area contributed by atoms with Gasteiger partial charge in [-0.25, -0.2) is 19.9 Å². The molecular weight excluding hydrogens is 394 g/mol. The predicted octanol–water partition coefficient (Wildman–Crippen LogP) is 4.05. The lowest BCUT2D eigenvalue weighted by Crippen LogP contribution is -2.09. The normalized spacial score (nSPS) is 10.7. The lowest BCUT2D eigenvalue weighted by Gasteiger charge is -2.10. The van der Waals surface area contributed by atoms with Crippen molar-refractivity contribution in [3.8, 4) is 22.6 Å². The van der Waals surface area contributed by atoms with Crippen LogP contribution < -0.4 is 5.32 Å². The number of aryl methyl sites for hydroxylation is 1. The topological polar surface area (TPSA) is 123 Å². The molecule has 0 spiro atoms. The third-order valence-corrected chi connectivity index (χ3v) is 4.84. The molecule has 9 heteroatoms. The van der Waals surface area contributed by atoms with Crippen molar-refractivity contribution >= 4 is 11.5 Å². The highest BCUT2D eigenvalue weighted by atomic mass is 16.6. The first-order valence-electron chi connectivity index (χ1n) is 9.93. The van der Waals surface area contributed by atoms with E-state index < -0.39 is 4.92 Å². The van der Waals surface area contributed by atoms with E-state index in [0.29, 0.717) is 30.4 Å². The van der Waals surface area contributed by atoms with Crippen LogP contribution in [0.5, 0.6) is 0 Å². The zero-order valence-electron chi connectivity index (χ0n) is 16.9. The number of nitrogens with one attached hydrogen (secondary N) is 2. The van der Waals surface area contributed by atoms with Crippen LogP contribution in [0.1, 0.15) is 18.3 Å². The van der Waals surface area contributed by atoms with Crippen molar-refractivity contribution in [2.45, 2.75) is 19.8 Å². The second kappa shape index (κ2) is 9.12. The number of imidazole rings is 1. The number of anilines is 1. The molecule has 4 rings (SSSR count). The van der Waals surface area contributed by atoms with Crippen molar-refractivity contribution in [2.75, 3.05) is 11.9 Å². The van der Waals surface area contributed by atoms with E-state index in [1.165, 1.54) is 17.8 Å². The smallest absolute Gasteiger partial charge is 0.287 e. The molecule has 0 bridgehead atoms. The van der Waals surface area contributed by atoms with Gasteiger partial charge in [-0.3, -0.25) is 10.1 Å². The Hall–Kier alpha value is -4.14. The second-order valence-corrected chi connectivity index (χ2v) is 6.87. The number of rotatable bonds is 8. The van der Waals surface area contributed by atoms with Crippen LogP contribution in [-0.4, -0.2) is 36.4 Å². The van der Waals surface area contributed by atoms with Gasteiger partial charge in [0.05, 0.1) is 16.2 Å². The lowest BCUT2D eigenvalue weighted by atomic mass is 10.0. The van der Waals surface area contributed by atoms with Crippen molar-refractivity contribution in [1.82, 2.24) is 24.9 Å². The highest BCUT2D eigenvalue weighted by Gasteiger charge is 2.13. The first-order chi connectivity index (χ1) is 15.1. The minimum Gasteiger partial charge on any atom is -0.370 e. The molecule has 156 valence electrons. The van der Waals surface area contributed by atoms with E-state index in [9.17, 15) is 10.1 Å². The van der Waals surface area contributed by atoms with Crippen LogP contribution in [0.2, 0.25) is 0 Å². The molecular formula is C22H21N7O2. The van der Waals surface area contributed by atoms with Gasteiger partial charge in [-0.15, -0.1) is 0 Å². The molecule has 0 saturated carbocycles. The zero-order valence-corrected chi connectivity index (χ0v) is 16.9. The number of nitro groups is 1. The van der Waals surface area contributed by atoms with Crippen LogP contribution in [0.25, 0.3) is 22.6 Å². The molecule has 0 fully saturated rings. The highest BCUT2D eigenvalue weighted by Crippen LogP contribution is 2.28. The van der Waals surface area contributed by atoms with E-state index >= 15 is 0 Å². The molecule has 0 amide bonds. The lowest BCUT2D eigenvalue weighted by molar-refractivity contribution is -0.385. The standard InChI is InChI=1S/C22H21N7O2/c1-2-15-3-5-16(6-4-15)21-18(22-24-11-12-25-22)14-27-20(28-21)9-10-23-19-8-7-17(13-26-19)29(30)31/h3-8,11-14H,2,9-10H2,1H3,(H,23,26)(H,24,25). The molecule has 3 heterocycles. The fourth-order valence-electron chi connectivity index (χ4n) is 3.14. The number of H-pyrrole nitrogens is 1. The molecule has 1 aromatic carbocycles. The fraction of sp³-hybridized carbons (Fsp3) is 0.182. The van der Waals surface area contributed by atoms with Crippen molar-refractivity contribution < 1.29 is 4.92 Å². The molecule has 0 aliphatic heterocycles. The summed E-state index contributed by atoms with van der Waals surface area (Å²) in [5, 5.41) is 13.9. The summed E-state index contributed by atoms with van der Waals surface area (Å²) in [4.78, 5) is 31.1. The van der Waals surface area contributed by atoms with Crippen molar-refractivity contribution in [2.24, 2.45) is 0 Å². The van der Waals surface area contributed by atoms with Gasteiger partial charge < -0.3 is 10.3 Å². The molecule has 0 atom stereocenters. The van der Waals surface area contributed by atoms with Gasteiger partial charge >= 0.3 is 0 Å². The summed E-state index contributed by atoms with van der Waals surface area (Å²) in [5.41, 5.74) is 3.87. The zero-order chi connectivity index (χ0) is 21.6. The maximum Gasteiger partial charge on any atom is 0.287 e. The molecule has 0 unspecified atom stereocenters. The van der Waals surface area contributed by atoms with Gasteiger partial charge in [0, 0.05) is 43.2 Å². The Balaban J connectivity index is 1.53. The molecule has 9 nitrogen and oxygen atoms in total. The SMILES string of the molecule is CCc1ccc(-c2nc(CCNc3ccc([N+](=O)[O-])cn3)ncc2-c2ncc[nH]2)cc1. The van der Waals surface area contributed by atoms with Crippen LogP contribution in [0.4, 0.5) is 11.5 Å². The van der Waals surface area contributed by atoms with Gasteiger partial charge in [0.15, 0.2) is 0 Å². The van der Waals surface area contributed by atoms with Crippen LogP contribution in [-0.2, 0) is 12.8 Å². The molecule has 2 N–H and O–H groups in total. The molecule has 31 heavy (non-hydrogen) atoms. The number of pyridine rings is 1. The van der Waals surface area contributed by atoms with Crippen molar-refractivity contribution in [1.29, 1.82) is 0 Å². The van der Waals surface area contributed by atoms with Gasteiger partial charge in [0.2, 0.25) is 0 Å². The average Bonchev–Trinajstić information content (AvgIpc) is 3.34. The van der Waals surface area contributed by atoms with Gasteiger partial charge in [0.1, 0.15) is 23.7 Å². The second-order valence-electron chi connectivity index (χ2n) is 6.87. The van der Waals surface area contributed by atoms with Gasteiger partial charge in [0.25, 0.3) is 5.69 Å². The van der Waals surface area contributed by atoms with E-state index in [1.807, 2.05) is 0 Å². The van der Waals surface area contributed by atoms with E-state index in [1.54, 1.807) is 24.7 Å². The Morgan fingerprint density at radius 2 is 1.90 bits per heavy atom. The maximum atomic E-state index is 10.7. The average molecular weight is 415 g/mol. The number of hydrogen-bond donors (Lipinski definition) is 2. The van der Waals surface area contributed by atoms with Crippen LogP contribution >= 0.6 is 0 Å². The third kappa shape index (κ3) is 4.72. The summed E-state index contributed by atoms with van der Waals surface area (Å²) in [7, 11) is 0. The molecule has 0 radical (unpaired) electrons. The fourth-order valence-corrected chi connectivity index (χ4v) is 3.14. The van der Waals surface area contributed by atoms with Gasteiger partial charge in [-0.1, -0.05) is 31.2 Å². The number of hydrogen-bond acceptors (Lipinski definition) is 7. The maximum absolute atomic E-state index is 10.7. The number of nitrogens with zero attached hydrogens (tertiary/aromatic N) is 5. The van der Waals surface area contributed by atoms with E-state index in [4.69, 9.17) is 4.98 Å². The Morgan fingerprint density at radius 1 is 1.06 bits per heavy atom. The molecule has 3 aromatic heterocycles.